The highest BCUT2D eigenvalue weighted by Crippen LogP contribution is 2.32. The summed E-state index contributed by atoms with van der Waals surface area (Å²) < 4.78 is 39.0. The first kappa shape index (κ1) is 13.8. The van der Waals surface area contributed by atoms with Crippen LogP contribution in [0.25, 0.3) is 10.9 Å². The van der Waals surface area contributed by atoms with Crippen molar-refractivity contribution in [1.82, 2.24) is 4.98 Å². The maximum Gasteiger partial charge on any atom is 0.209 e. The predicted octanol–water partition coefficient (Wildman–Crippen LogP) is 3.76. The summed E-state index contributed by atoms with van der Waals surface area (Å²) in [4.78, 5) is 3.47. The van der Waals surface area contributed by atoms with Crippen LogP contribution in [-0.2, 0) is 9.84 Å². The molecule has 1 heterocycles. The standard InChI is InChI=1S/C16H14FNO2S/c1-10-9-12(17)7-8-15(10)21(19,20)16-11(2)18-14-6-4-3-5-13(14)16/h3-9,18H,1-2H3. The average Bonchev–Trinajstić information content (AvgIpc) is 2.74. The van der Waals surface area contributed by atoms with E-state index in [0.29, 0.717) is 16.6 Å². The van der Waals surface area contributed by atoms with Gasteiger partial charge >= 0.3 is 0 Å². The van der Waals surface area contributed by atoms with Gasteiger partial charge in [-0.15, -0.1) is 0 Å². The van der Waals surface area contributed by atoms with Gasteiger partial charge in [0.15, 0.2) is 0 Å². The van der Waals surface area contributed by atoms with E-state index in [1.165, 1.54) is 18.2 Å². The zero-order valence-electron chi connectivity index (χ0n) is 11.6. The number of sulfone groups is 1. The Kier molecular flexibility index (Phi) is 3.10. The van der Waals surface area contributed by atoms with Crippen molar-refractivity contribution >= 4 is 20.7 Å². The lowest BCUT2D eigenvalue weighted by atomic mass is 10.2. The Morgan fingerprint density at radius 1 is 1.05 bits per heavy atom. The molecule has 0 bridgehead atoms. The Labute approximate surface area is 122 Å². The molecule has 0 amide bonds. The summed E-state index contributed by atoms with van der Waals surface area (Å²) in [7, 11) is -3.70. The highest BCUT2D eigenvalue weighted by Gasteiger charge is 2.26. The maximum absolute atomic E-state index is 13.2. The predicted molar refractivity (Wildman–Crippen MR) is 79.6 cm³/mol. The lowest BCUT2D eigenvalue weighted by molar-refractivity contribution is 0.594. The van der Waals surface area contributed by atoms with E-state index in [4.69, 9.17) is 0 Å². The normalized spacial score (nSPS) is 12.0. The molecule has 0 unspecified atom stereocenters. The molecule has 0 atom stereocenters. The number of halogens is 1. The number of hydrogen-bond acceptors (Lipinski definition) is 2. The van der Waals surface area contributed by atoms with Gasteiger partial charge in [-0.1, -0.05) is 18.2 Å². The van der Waals surface area contributed by atoms with Gasteiger partial charge in [0.05, 0.1) is 9.79 Å². The molecular weight excluding hydrogens is 289 g/mol. The number of aryl methyl sites for hydroxylation is 2. The van der Waals surface area contributed by atoms with Crippen molar-refractivity contribution in [2.24, 2.45) is 0 Å². The molecule has 3 nitrogen and oxygen atoms in total. The fourth-order valence-electron chi connectivity index (χ4n) is 2.62. The molecule has 0 radical (unpaired) electrons. The molecule has 108 valence electrons. The third-order valence-corrected chi connectivity index (χ3v) is 5.63. The number of aromatic amines is 1. The van der Waals surface area contributed by atoms with Gasteiger partial charge in [-0.3, -0.25) is 0 Å². The summed E-state index contributed by atoms with van der Waals surface area (Å²) in [5, 5.41) is 0.652. The van der Waals surface area contributed by atoms with Gasteiger partial charge < -0.3 is 4.98 Å². The van der Waals surface area contributed by atoms with Crippen LogP contribution in [0.2, 0.25) is 0 Å². The molecule has 0 fully saturated rings. The first-order valence-electron chi connectivity index (χ1n) is 6.50. The van der Waals surface area contributed by atoms with E-state index < -0.39 is 15.7 Å². The Morgan fingerprint density at radius 3 is 2.48 bits per heavy atom. The summed E-state index contributed by atoms with van der Waals surface area (Å²) in [6.45, 7) is 3.33. The van der Waals surface area contributed by atoms with E-state index in [0.717, 1.165) is 5.52 Å². The van der Waals surface area contributed by atoms with E-state index in [1.807, 2.05) is 12.1 Å². The summed E-state index contributed by atoms with van der Waals surface area (Å²) in [6, 6.07) is 11.0. The molecule has 1 N–H and O–H groups in total. The number of fused-ring (bicyclic) bond motifs is 1. The molecule has 0 saturated carbocycles. The van der Waals surface area contributed by atoms with Crippen LogP contribution in [0.4, 0.5) is 4.39 Å². The lowest BCUT2D eigenvalue weighted by Gasteiger charge is -2.08. The molecule has 0 aliphatic carbocycles. The van der Waals surface area contributed by atoms with Gasteiger partial charge in [-0.05, 0) is 43.7 Å². The average molecular weight is 303 g/mol. The second-order valence-electron chi connectivity index (χ2n) is 5.04. The molecule has 5 heteroatoms. The zero-order valence-corrected chi connectivity index (χ0v) is 12.5. The van der Waals surface area contributed by atoms with Gasteiger partial charge in [-0.2, -0.15) is 0 Å². The Bertz CT molecular complexity index is 942. The van der Waals surface area contributed by atoms with Crippen LogP contribution >= 0.6 is 0 Å². The molecule has 1 aromatic heterocycles. The number of rotatable bonds is 2. The number of H-pyrrole nitrogens is 1. The van der Waals surface area contributed by atoms with Crippen molar-refractivity contribution in [3.63, 3.8) is 0 Å². The molecule has 21 heavy (non-hydrogen) atoms. The fourth-order valence-corrected chi connectivity index (χ4v) is 4.49. The highest BCUT2D eigenvalue weighted by atomic mass is 32.2. The van der Waals surface area contributed by atoms with Gasteiger partial charge in [0.25, 0.3) is 0 Å². The smallest absolute Gasteiger partial charge is 0.209 e. The Balaban J connectivity index is 2.33. The first-order valence-corrected chi connectivity index (χ1v) is 7.98. The highest BCUT2D eigenvalue weighted by molar-refractivity contribution is 7.91. The SMILES string of the molecule is Cc1cc(F)ccc1S(=O)(=O)c1c(C)[nH]c2ccccc12. The molecule has 2 aromatic carbocycles. The second-order valence-corrected chi connectivity index (χ2v) is 6.89. The molecule has 0 saturated heterocycles. The molecule has 3 rings (SSSR count). The van der Waals surface area contributed by atoms with Crippen LogP contribution < -0.4 is 0 Å². The van der Waals surface area contributed by atoms with Gasteiger partial charge in [0, 0.05) is 16.6 Å². The molecule has 0 aliphatic heterocycles. The van der Waals surface area contributed by atoms with Crippen molar-refractivity contribution in [1.29, 1.82) is 0 Å². The summed E-state index contributed by atoms with van der Waals surface area (Å²) in [6.07, 6.45) is 0. The number of benzene rings is 2. The van der Waals surface area contributed by atoms with Crippen LogP contribution in [-0.4, -0.2) is 13.4 Å². The van der Waals surface area contributed by atoms with Crippen LogP contribution in [0.15, 0.2) is 52.3 Å². The molecular formula is C16H14FNO2S. The summed E-state index contributed by atoms with van der Waals surface area (Å²) >= 11 is 0. The summed E-state index contributed by atoms with van der Waals surface area (Å²) in [5.41, 5.74) is 1.76. The largest absolute Gasteiger partial charge is 0.358 e. The van der Waals surface area contributed by atoms with E-state index >= 15 is 0 Å². The number of para-hydroxylation sites is 1. The minimum atomic E-state index is -3.70. The van der Waals surface area contributed by atoms with Crippen molar-refractivity contribution in [2.75, 3.05) is 0 Å². The third-order valence-electron chi connectivity index (χ3n) is 3.53. The van der Waals surface area contributed by atoms with Crippen molar-refractivity contribution in [3.8, 4) is 0 Å². The van der Waals surface area contributed by atoms with Crippen molar-refractivity contribution in [2.45, 2.75) is 23.6 Å². The third kappa shape index (κ3) is 2.14. The van der Waals surface area contributed by atoms with Crippen molar-refractivity contribution in [3.05, 3.63) is 59.5 Å². The van der Waals surface area contributed by atoms with Gasteiger partial charge in [0.1, 0.15) is 5.82 Å². The minimum Gasteiger partial charge on any atom is -0.358 e. The van der Waals surface area contributed by atoms with Crippen molar-refractivity contribution < 1.29 is 12.8 Å². The maximum atomic E-state index is 13.2. The lowest BCUT2D eigenvalue weighted by Crippen LogP contribution is -2.05. The van der Waals surface area contributed by atoms with E-state index in [1.54, 1.807) is 26.0 Å². The van der Waals surface area contributed by atoms with Crippen LogP contribution in [0.1, 0.15) is 11.3 Å². The van der Waals surface area contributed by atoms with Crippen LogP contribution in [0.5, 0.6) is 0 Å². The number of hydrogen-bond donors (Lipinski definition) is 1. The van der Waals surface area contributed by atoms with E-state index in [2.05, 4.69) is 4.98 Å². The van der Waals surface area contributed by atoms with Gasteiger partial charge in [0.2, 0.25) is 9.84 Å². The molecule has 0 aliphatic rings. The van der Waals surface area contributed by atoms with E-state index in [-0.39, 0.29) is 9.79 Å². The zero-order chi connectivity index (χ0) is 15.2. The number of aromatic nitrogens is 1. The van der Waals surface area contributed by atoms with Crippen LogP contribution in [0, 0.1) is 19.7 Å². The number of nitrogens with one attached hydrogen (secondary N) is 1. The Hall–Kier alpha value is -2.14. The first-order chi connectivity index (χ1) is 9.91. The van der Waals surface area contributed by atoms with Gasteiger partial charge in [-0.25, -0.2) is 12.8 Å². The Morgan fingerprint density at radius 2 is 1.76 bits per heavy atom. The topological polar surface area (TPSA) is 49.9 Å². The second kappa shape index (κ2) is 4.70. The van der Waals surface area contributed by atoms with Crippen LogP contribution in [0.3, 0.4) is 0 Å². The van der Waals surface area contributed by atoms with E-state index in [9.17, 15) is 12.8 Å². The molecule has 0 spiro atoms. The minimum absolute atomic E-state index is 0.136. The quantitative estimate of drug-likeness (QED) is 0.733. The summed E-state index contributed by atoms with van der Waals surface area (Å²) in [5.74, 6) is -0.443. The molecule has 3 aromatic rings. The monoisotopic (exact) mass is 303 g/mol. The fraction of sp³-hybridized carbons (Fsp3) is 0.125.